The maximum Gasteiger partial charge on any atom is 0.491 e. The first-order valence-electron chi connectivity index (χ1n) is 8.19. The van der Waals surface area contributed by atoms with Crippen molar-refractivity contribution in [3.05, 3.63) is 47.4 Å². The van der Waals surface area contributed by atoms with E-state index in [-0.39, 0.29) is 18.3 Å². The number of hydrogen-bond acceptors (Lipinski definition) is 3. The standard InChI is InChI=1S/C18H26BNO2/c1-17(2)18(3,4)22-19(21-17)15-10-11-16(20-13-15)12-14-8-6-5-7-9-14/h5-10,16,20H,11-13H2,1-4H3. The lowest BCUT2D eigenvalue weighted by Gasteiger charge is -2.32. The summed E-state index contributed by atoms with van der Waals surface area (Å²) in [6, 6.07) is 11.1. The molecule has 1 aromatic carbocycles. The summed E-state index contributed by atoms with van der Waals surface area (Å²) in [7, 11) is -0.213. The Labute approximate surface area is 134 Å². The number of benzene rings is 1. The fourth-order valence-electron chi connectivity index (χ4n) is 2.94. The molecule has 0 aliphatic carbocycles. The Hall–Kier alpha value is -1.10. The zero-order valence-corrected chi connectivity index (χ0v) is 14.1. The molecule has 2 aliphatic rings. The molecule has 2 heterocycles. The summed E-state index contributed by atoms with van der Waals surface area (Å²) >= 11 is 0. The van der Waals surface area contributed by atoms with Gasteiger partial charge in [0, 0.05) is 12.6 Å². The van der Waals surface area contributed by atoms with Gasteiger partial charge in [0.25, 0.3) is 0 Å². The van der Waals surface area contributed by atoms with Gasteiger partial charge in [-0.3, -0.25) is 0 Å². The van der Waals surface area contributed by atoms with E-state index in [1.54, 1.807) is 0 Å². The van der Waals surface area contributed by atoms with E-state index in [0.717, 1.165) is 19.4 Å². The van der Waals surface area contributed by atoms with Crippen LogP contribution >= 0.6 is 0 Å². The fraction of sp³-hybridized carbons (Fsp3) is 0.556. The van der Waals surface area contributed by atoms with Crippen LogP contribution in [0.4, 0.5) is 0 Å². The normalized spacial score (nSPS) is 26.8. The summed E-state index contributed by atoms with van der Waals surface area (Å²) in [5.41, 5.74) is 2.08. The zero-order chi connectivity index (χ0) is 15.8. The average Bonchev–Trinajstić information content (AvgIpc) is 2.69. The molecule has 3 rings (SSSR count). The van der Waals surface area contributed by atoms with Crippen LogP contribution in [0.25, 0.3) is 0 Å². The van der Waals surface area contributed by atoms with Gasteiger partial charge in [-0.05, 0) is 51.6 Å². The summed E-state index contributed by atoms with van der Waals surface area (Å²) < 4.78 is 12.3. The highest BCUT2D eigenvalue weighted by atomic mass is 16.7. The van der Waals surface area contributed by atoms with E-state index in [2.05, 4.69) is 69.4 Å². The molecule has 22 heavy (non-hydrogen) atoms. The molecule has 1 N–H and O–H groups in total. The number of rotatable bonds is 3. The van der Waals surface area contributed by atoms with Crippen LogP contribution in [-0.4, -0.2) is 30.9 Å². The van der Waals surface area contributed by atoms with Crippen LogP contribution in [-0.2, 0) is 15.7 Å². The van der Waals surface area contributed by atoms with Crippen LogP contribution in [0, 0.1) is 0 Å². The van der Waals surface area contributed by atoms with Crippen LogP contribution in [0.1, 0.15) is 39.7 Å². The highest BCUT2D eigenvalue weighted by Crippen LogP contribution is 2.38. The van der Waals surface area contributed by atoms with Crippen molar-refractivity contribution >= 4 is 7.12 Å². The average molecular weight is 299 g/mol. The third kappa shape index (κ3) is 3.14. The highest BCUT2D eigenvalue weighted by Gasteiger charge is 2.52. The molecule has 2 aliphatic heterocycles. The minimum absolute atomic E-state index is 0.213. The quantitative estimate of drug-likeness (QED) is 0.870. The molecular weight excluding hydrogens is 273 g/mol. The lowest BCUT2D eigenvalue weighted by Crippen LogP contribution is -2.41. The first-order chi connectivity index (χ1) is 10.4. The Kier molecular flexibility index (Phi) is 4.19. The van der Waals surface area contributed by atoms with Crippen LogP contribution in [0.5, 0.6) is 0 Å². The van der Waals surface area contributed by atoms with Gasteiger partial charge in [0.2, 0.25) is 0 Å². The second-order valence-electron chi connectivity index (χ2n) is 7.37. The second kappa shape index (κ2) is 5.84. The van der Waals surface area contributed by atoms with Gasteiger partial charge in [-0.2, -0.15) is 0 Å². The second-order valence-corrected chi connectivity index (χ2v) is 7.37. The molecule has 4 heteroatoms. The van der Waals surface area contributed by atoms with E-state index < -0.39 is 0 Å². The molecule has 1 saturated heterocycles. The Morgan fingerprint density at radius 2 is 1.73 bits per heavy atom. The van der Waals surface area contributed by atoms with Gasteiger partial charge in [-0.25, -0.2) is 0 Å². The Balaban J connectivity index is 1.60. The monoisotopic (exact) mass is 299 g/mol. The van der Waals surface area contributed by atoms with Crippen molar-refractivity contribution in [3.63, 3.8) is 0 Å². The van der Waals surface area contributed by atoms with Crippen molar-refractivity contribution in [2.45, 2.75) is 57.8 Å². The lowest BCUT2D eigenvalue weighted by molar-refractivity contribution is 0.00578. The third-order valence-electron chi connectivity index (χ3n) is 5.14. The van der Waals surface area contributed by atoms with Crippen LogP contribution in [0.15, 0.2) is 41.9 Å². The fourth-order valence-corrected chi connectivity index (χ4v) is 2.94. The van der Waals surface area contributed by atoms with E-state index in [0.29, 0.717) is 6.04 Å². The van der Waals surface area contributed by atoms with Gasteiger partial charge < -0.3 is 14.6 Å². The van der Waals surface area contributed by atoms with Crippen LogP contribution in [0.2, 0.25) is 0 Å². The highest BCUT2D eigenvalue weighted by molar-refractivity contribution is 6.54. The van der Waals surface area contributed by atoms with E-state index in [9.17, 15) is 0 Å². The smallest absolute Gasteiger partial charge is 0.400 e. The predicted octanol–water partition coefficient (Wildman–Crippen LogP) is 3.15. The molecule has 0 spiro atoms. The first kappa shape index (κ1) is 15.8. The third-order valence-corrected chi connectivity index (χ3v) is 5.14. The van der Waals surface area contributed by atoms with Crippen LogP contribution < -0.4 is 5.32 Å². The topological polar surface area (TPSA) is 30.5 Å². The predicted molar refractivity (Wildman–Crippen MR) is 90.7 cm³/mol. The molecular formula is C18H26BNO2. The maximum absolute atomic E-state index is 6.13. The lowest BCUT2D eigenvalue weighted by atomic mass is 9.75. The Morgan fingerprint density at radius 3 is 2.27 bits per heavy atom. The molecule has 1 atom stereocenters. The molecule has 0 amide bonds. The van der Waals surface area contributed by atoms with Crippen LogP contribution in [0.3, 0.4) is 0 Å². The van der Waals surface area contributed by atoms with Crippen molar-refractivity contribution in [1.29, 1.82) is 0 Å². The summed E-state index contributed by atoms with van der Waals surface area (Å²) in [6.07, 6.45) is 4.38. The minimum atomic E-state index is -0.264. The van der Waals surface area contributed by atoms with E-state index in [4.69, 9.17) is 9.31 Å². The molecule has 0 radical (unpaired) electrons. The van der Waals surface area contributed by atoms with Gasteiger partial charge in [0.1, 0.15) is 0 Å². The van der Waals surface area contributed by atoms with Crippen molar-refractivity contribution in [1.82, 2.24) is 5.32 Å². The first-order valence-corrected chi connectivity index (χ1v) is 8.19. The van der Waals surface area contributed by atoms with Crippen molar-refractivity contribution in [2.75, 3.05) is 6.54 Å². The summed E-state index contributed by atoms with van der Waals surface area (Å²) in [5.74, 6) is 0. The molecule has 1 fully saturated rings. The molecule has 0 bridgehead atoms. The van der Waals surface area contributed by atoms with Crippen molar-refractivity contribution in [3.8, 4) is 0 Å². The van der Waals surface area contributed by atoms with E-state index >= 15 is 0 Å². The zero-order valence-electron chi connectivity index (χ0n) is 14.1. The molecule has 118 valence electrons. The molecule has 1 unspecified atom stereocenters. The summed E-state index contributed by atoms with van der Waals surface area (Å²) in [4.78, 5) is 0. The molecule has 0 saturated carbocycles. The maximum atomic E-state index is 6.13. The molecule has 1 aromatic rings. The molecule has 3 nitrogen and oxygen atoms in total. The van der Waals surface area contributed by atoms with E-state index in [1.165, 1.54) is 11.0 Å². The number of hydrogen-bond donors (Lipinski definition) is 1. The number of nitrogens with one attached hydrogen (secondary N) is 1. The summed E-state index contributed by atoms with van der Waals surface area (Å²) in [6.45, 7) is 9.24. The summed E-state index contributed by atoms with van der Waals surface area (Å²) in [5, 5.41) is 3.62. The van der Waals surface area contributed by atoms with Gasteiger partial charge in [0.05, 0.1) is 11.2 Å². The SMILES string of the molecule is CC1(C)OB(C2=CCC(Cc3ccccc3)NC2)OC1(C)C. The van der Waals surface area contributed by atoms with Crippen molar-refractivity contribution < 1.29 is 9.31 Å². The van der Waals surface area contributed by atoms with E-state index in [1.807, 2.05) is 0 Å². The molecule has 0 aromatic heterocycles. The Morgan fingerprint density at radius 1 is 1.09 bits per heavy atom. The van der Waals surface area contributed by atoms with Gasteiger partial charge in [0.15, 0.2) is 0 Å². The Bertz CT molecular complexity index is 537. The van der Waals surface area contributed by atoms with Gasteiger partial charge in [-0.1, -0.05) is 36.4 Å². The minimum Gasteiger partial charge on any atom is -0.400 e. The largest absolute Gasteiger partial charge is 0.491 e. The van der Waals surface area contributed by atoms with Crippen molar-refractivity contribution in [2.24, 2.45) is 0 Å². The van der Waals surface area contributed by atoms with Gasteiger partial charge in [-0.15, -0.1) is 0 Å². The van der Waals surface area contributed by atoms with Gasteiger partial charge >= 0.3 is 7.12 Å².